The van der Waals surface area contributed by atoms with Crippen molar-refractivity contribution in [3.63, 3.8) is 0 Å². The molecule has 0 heterocycles. The van der Waals surface area contributed by atoms with Gasteiger partial charge in [-0.2, -0.15) is 5.48 Å². The molecule has 0 aliphatic rings. The van der Waals surface area contributed by atoms with Crippen LogP contribution in [0.4, 0.5) is 4.79 Å². The summed E-state index contributed by atoms with van der Waals surface area (Å²) in [5.41, 5.74) is 2.13. The summed E-state index contributed by atoms with van der Waals surface area (Å²) in [5.74, 6) is -0.548. The van der Waals surface area contributed by atoms with E-state index in [-0.39, 0.29) is 12.2 Å². The van der Waals surface area contributed by atoms with Crippen molar-refractivity contribution < 1.29 is 19.2 Å². The first-order valence-electron chi connectivity index (χ1n) is 3.87. The van der Waals surface area contributed by atoms with Crippen molar-refractivity contribution in [3.8, 4) is 0 Å². The zero-order valence-corrected chi connectivity index (χ0v) is 7.75. The Balaban J connectivity index is 3.58. The van der Waals surface area contributed by atoms with E-state index in [1.165, 1.54) is 6.92 Å². The minimum atomic E-state index is -0.920. The maximum atomic E-state index is 10.8. The molecule has 0 saturated carbocycles. The van der Waals surface area contributed by atoms with Gasteiger partial charge in [-0.3, -0.25) is 4.79 Å². The van der Waals surface area contributed by atoms with Crippen molar-refractivity contribution >= 4 is 12.1 Å². The molecule has 0 bridgehead atoms. The molecule has 0 saturated heterocycles. The van der Waals surface area contributed by atoms with Gasteiger partial charge in [0.1, 0.15) is 0 Å². The van der Waals surface area contributed by atoms with Crippen molar-refractivity contribution in [3.05, 3.63) is 12.2 Å². The molecule has 0 radical (unpaired) electrons. The van der Waals surface area contributed by atoms with E-state index in [9.17, 15) is 9.59 Å². The van der Waals surface area contributed by atoms with Crippen LogP contribution < -0.4 is 5.48 Å². The third kappa shape index (κ3) is 5.72. The van der Waals surface area contributed by atoms with Gasteiger partial charge in [0.15, 0.2) is 0 Å². The van der Waals surface area contributed by atoms with Gasteiger partial charge in [0.25, 0.3) is 5.91 Å². The molecule has 1 N–H and O–H groups in total. The van der Waals surface area contributed by atoms with E-state index < -0.39 is 12.1 Å². The molecule has 0 spiro atoms. The number of hydroxylamine groups is 1. The number of carbonyl (C=O) groups is 2. The summed E-state index contributed by atoms with van der Waals surface area (Å²) in [6.45, 7) is 6.96. The van der Waals surface area contributed by atoms with E-state index >= 15 is 0 Å². The molecular formula is C8H13NO4. The molecule has 74 valence electrons. The van der Waals surface area contributed by atoms with Gasteiger partial charge in [-0.25, -0.2) is 4.79 Å². The molecule has 0 aromatic heterocycles. The van der Waals surface area contributed by atoms with E-state index in [1.54, 1.807) is 0 Å². The summed E-state index contributed by atoms with van der Waals surface area (Å²) in [4.78, 5) is 25.7. The normalized spacial score (nSPS) is 8.77. The third-order valence-corrected chi connectivity index (χ3v) is 1.04. The minimum Gasteiger partial charge on any atom is -0.433 e. The van der Waals surface area contributed by atoms with Gasteiger partial charge in [0, 0.05) is 5.57 Å². The van der Waals surface area contributed by atoms with Gasteiger partial charge in [-0.15, -0.1) is 0 Å². The summed E-state index contributed by atoms with van der Waals surface area (Å²) in [6.07, 6.45) is -0.222. The number of ether oxygens (including phenoxy) is 1. The van der Waals surface area contributed by atoms with Crippen LogP contribution in [0.15, 0.2) is 12.2 Å². The summed E-state index contributed by atoms with van der Waals surface area (Å²) in [7, 11) is 0. The quantitative estimate of drug-likeness (QED) is 0.409. The number of rotatable bonds is 3. The Hall–Kier alpha value is -1.52. The van der Waals surface area contributed by atoms with Crippen LogP contribution in [0.3, 0.4) is 0 Å². The summed E-state index contributed by atoms with van der Waals surface area (Å²) < 4.78 is 4.52. The standard InChI is InChI=1S/C8H13NO4/c1-4-5-12-8(11)13-9-7(10)6(2)3/h2,4-5H2,1,3H3,(H,9,10). The molecular weight excluding hydrogens is 174 g/mol. The lowest BCUT2D eigenvalue weighted by Gasteiger charge is -2.04. The highest BCUT2D eigenvalue weighted by Gasteiger charge is 2.06. The lowest BCUT2D eigenvalue weighted by molar-refractivity contribution is -0.127. The summed E-state index contributed by atoms with van der Waals surface area (Å²) in [5, 5.41) is 0. The summed E-state index contributed by atoms with van der Waals surface area (Å²) in [6, 6.07) is 0. The number of amides is 1. The van der Waals surface area contributed by atoms with E-state index in [2.05, 4.69) is 16.2 Å². The van der Waals surface area contributed by atoms with Gasteiger partial charge in [0.05, 0.1) is 6.61 Å². The molecule has 5 nitrogen and oxygen atoms in total. The van der Waals surface area contributed by atoms with Crippen LogP contribution in [0.2, 0.25) is 0 Å². The van der Waals surface area contributed by atoms with Crippen molar-refractivity contribution in [2.75, 3.05) is 6.61 Å². The zero-order valence-electron chi connectivity index (χ0n) is 7.75. The Bertz CT molecular complexity index is 212. The highest BCUT2D eigenvalue weighted by Crippen LogP contribution is 1.88. The molecule has 0 atom stereocenters. The molecule has 13 heavy (non-hydrogen) atoms. The summed E-state index contributed by atoms with van der Waals surface area (Å²) >= 11 is 0. The van der Waals surface area contributed by atoms with Gasteiger partial charge >= 0.3 is 6.16 Å². The Kier molecular flexibility index (Phi) is 5.34. The molecule has 0 aromatic carbocycles. The van der Waals surface area contributed by atoms with Crippen molar-refractivity contribution in [2.24, 2.45) is 0 Å². The molecule has 0 aliphatic heterocycles. The average Bonchev–Trinajstić information content (AvgIpc) is 2.10. The lowest BCUT2D eigenvalue weighted by Crippen LogP contribution is -2.27. The Labute approximate surface area is 76.7 Å². The predicted octanol–water partition coefficient (Wildman–Crippen LogP) is 1.16. The third-order valence-electron chi connectivity index (χ3n) is 1.04. The van der Waals surface area contributed by atoms with E-state index in [0.29, 0.717) is 6.42 Å². The van der Waals surface area contributed by atoms with Gasteiger partial charge in [0.2, 0.25) is 0 Å². The van der Waals surface area contributed by atoms with Crippen LogP contribution in [-0.4, -0.2) is 18.7 Å². The number of hydrogen-bond donors (Lipinski definition) is 1. The van der Waals surface area contributed by atoms with Crippen molar-refractivity contribution in [1.82, 2.24) is 5.48 Å². The van der Waals surface area contributed by atoms with Crippen LogP contribution in [0, 0.1) is 0 Å². The fourth-order valence-electron chi connectivity index (χ4n) is 0.390. The number of nitrogens with one attached hydrogen (secondary N) is 1. The maximum absolute atomic E-state index is 10.8. The Morgan fingerprint density at radius 2 is 2.08 bits per heavy atom. The lowest BCUT2D eigenvalue weighted by atomic mass is 10.3. The van der Waals surface area contributed by atoms with Crippen molar-refractivity contribution in [2.45, 2.75) is 20.3 Å². The second-order valence-electron chi connectivity index (χ2n) is 2.41. The van der Waals surface area contributed by atoms with E-state index in [1.807, 2.05) is 12.4 Å². The zero-order chi connectivity index (χ0) is 10.3. The average molecular weight is 187 g/mol. The fraction of sp³-hybridized carbons (Fsp3) is 0.500. The molecule has 1 amide bonds. The SMILES string of the molecule is C=C(C)C(=O)NOC(=O)OCCC. The smallest absolute Gasteiger partial charge is 0.433 e. The first kappa shape index (κ1) is 11.5. The van der Waals surface area contributed by atoms with Gasteiger partial charge in [-0.1, -0.05) is 13.5 Å². The van der Waals surface area contributed by atoms with Crippen LogP contribution in [-0.2, 0) is 14.4 Å². The van der Waals surface area contributed by atoms with Crippen LogP contribution in [0.1, 0.15) is 20.3 Å². The molecule has 0 rings (SSSR count). The number of hydrogen-bond acceptors (Lipinski definition) is 4. The molecule has 0 fully saturated rings. The maximum Gasteiger partial charge on any atom is 0.533 e. The monoisotopic (exact) mass is 187 g/mol. The van der Waals surface area contributed by atoms with E-state index in [4.69, 9.17) is 0 Å². The van der Waals surface area contributed by atoms with Crippen LogP contribution in [0.5, 0.6) is 0 Å². The van der Waals surface area contributed by atoms with Crippen molar-refractivity contribution in [1.29, 1.82) is 0 Å². The first-order valence-corrected chi connectivity index (χ1v) is 3.87. The topological polar surface area (TPSA) is 64.6 Å². The second-order valence-corrected chi connectivity index (χ2v) is 2.41. The van der Waals surface area contributed by atoms with E-state index in [0.717, 1.165) is 0 Å². The highest BCUT2D eigenvalue weighted by molar-refractivity contribution is 5.91. The number of carbonyl (C=O) groups excluding carboxylic acids is 2. The first-order chi connectivity index (χ1) is 6.07. The Morgan fingerprint density at radius 1 is 1.46 bits per heavy atom. The molecule has 0 aliphatic carbocycles. The minimum absolute atomic E-state index is 0.253. The largest absolute Gasteiger partial charge is 0.533 e. The fourth-order valence-corrected chi connectivity index (χ4v) is 0.390. The molecule has 0 aromatic rings. The van der Waals surface area contributed by atoms with Crippen LogP contribution >= 0.6 is 0 Å². The predicted molar refractivity (Wildman–Crippen MR) is 45.7 cm³/mol. The molecule has 5 heteroatoms. The van der Waals surface area contributed by atoms with Gasteiger partial charge < -0.3 is 9.57 Å². The molecule has 0 unspecified atom stereocenters. The second kappa shape index (κ2) is 6.05. The highest BCUT2D eigenvalue weighted by atomic mass is 16.8. The van der Waals surface area contributed by atoms with Gasteiger partial charge in [-0.05, 0) is 13.3 Å². The van der Waals surface area contributed by atoms with Crippen LogP contribution in [0.25, 0.3) is 0 Å². The Morgan fingerprint density at radius 3 is 2.54 bits per heavy atom.